The summed E-state index contributed by atoms with van der Waals surface area (Å²) in [6, 6.07) is 5.31. The molecule has 0 atom stereocenters. The fourth-order valence-electron chi connectivity index (χ4n) is 1.83. The lowest BCUT2D eigenvalue weighted by atomic mass is 10.2. The van der Waals surface area contributed by atoms with E-state index in [1.165, 1.54) is 0 Å². The lowest BCUT2D eigenvalue weighted by Gasteiger charge is -2.11. The first-order valence-electron chi connectivity index (χ1n) is 6.93. The normalized spacial score (nSPS) is 10.2. The molecule has 0 aliphatic rings. The largest absolute Gasteiger partial charge is 0.493 e. The van der Waals surface area contributed by atoms with Crippen molar-refractivity contribution in [2.75, 3.05) is 13.2 Å². The predicted octanol–water partition coefficient (Wildman–Crippen LogP) is 3.48. The molecule has 0 aromatic heterocycles. The average Bonchev–Trinajstić information content (AvgIpc) is 2.42. The third kappa shape index (κ3) is 6.31. The maximum Gasteiger partial charge on any atom is 0.305 e. The van der Waals surface area contributed by atoms with Gasteiger partial charge in [-0.2, -0.15) is 0 Å². The van der Waals surface area contributed by atoms with E-state index >= 15 is 0 Å². The Hall–Kier alpha value is -1.33. The van der Waals surface area contributed by atoms with Crippen LogP contribution in [0.15, 0.2) is 18.2 Å². The molecule has 0 radical (unpaired) electrons. The maximum atomic E-state index is 11.2. The van der Waals surface area contributed by atoms with Crippen molar-refractivity contribution in [3.63, 3.8) is 0 Å². The minimum Gasteiger partial charge on any atom is -0.493 e. The number of unbranched alkanes of at least 4 members (excludes halogenated alkanes) is 2. The van der Waals surface area contributed by atoms with Gasteiger partial charge in [0.2, 0.25) is 0 Å². The van der Waals surface area contributed by atoms with E-state index in [0.29, 0.717) is 36.0 Å². The van der Waals surface area contributed by atoms with Crippen LogP contribution in [0.25, 0.3) is 0 Å². The first-order valence-corrected chi connectivity index (χ1v) is 7.71. The second kappa shape index (κ2) is 9.58. The zero-order valence-electron chi connectivity index (χ0n) is 12.1. The number of hydrogen-bond donors (Lipinski definition) is 1. The predicted molar refractivity (Wildman–Crippen MR) is 87.9 cm³/mol. The Balaban J connectivity index is 2.32. The van der Waals surface area contributed by atoms with Crippen LogP contribution in [0, 0.1) is 0 Å². The van der Waals surface area contributed by atoms with Gasteiger partial charge in [0, 0.05) is 6.42 Å². The first kappa shape index (κ1) is 17.7. The molecule has 6 heteroatoms. The summed E-state index contributed by atoms with van der Waals surface area (Å²) in [5.41, 5.74) is 6.21. The van der Waals surface area contributed by atoms with Crippen LogP contribution < -0.4 is 10.5 Å². The highest BCUT2D eigenvalue weighted by molar-refractivity contribution is 7.80. The minimum atomic E-state index is -0.149. The number of carbonyl (C=O) groups is 1. The van der Waals surface area contributed by atoms with Crippen LogP contribution in [-0.4, -0.2) is 24.2 Å². The van der Waals surface area contributed by atoms with Crippen molar-refractivity contribution >= 4 is 34.8 Å². The monoisotopic (exact) mass is 329 g/mol. The number of thiocarbonyl (C=S) groups is 1. The molecule has 1 aromatic rings. The summed E-state index contributed by atoms with van der Waals surface area (Å²) >= 11 is 11.0. The van der Waals surface area contributed by atoms with Crippen molar-refractivity contribution in [2.45, 2.75) is 32.6 Å². The second-order valence-electron chi connectivity index (χ2n) is 4.44. The molecule has 0 spiro atoms. The fraction of sp³-hybridized carbons (Fsp3) is 0.467. The van der Waals surface area contributed by atoms with Crippen LogP contribution in [0.1, 0.15) is 38.2 Å². The third-order valence-electron chi connectivity index (χ3n) is 2.81. The van der Waals surface area contributed by atoms with E-state index in [-0.39, 0.29) is 11.0 Å². The molecule has 21 heavy (non-hydrogen) atoms. The summed E-state index contributed by atoms with van der Waals surface area (Å²) in [7, 11) is 0. The molecule has 0 saturated carbocycles. The van der Waals surface area contributed by atoms with E-state index in [9.17, 15) is 4.79 Å². The molecule has 0 amide bonds. The van der Waals surface area contributed by atoms with Gasteiger partial charge < -0.3 is 15.2 Å². The van der Waals surface area contributed by atoms with E-state index in [4.69, 9.17) is 39.0 Å². The van der Waals surface area contributed by atoms with E-state index < -0.39 is 0 Å². The van der Waals surface area contributed by atoms with Gasteiger partial charge in [-0.05, 0) is 38.3 Å². The molecule has 0 aliphatic heterocycles. The van der Waals surface area contributed by atoms with Gasteiger partial charge in [-0.1, -0.05) is 29.9 Å². The van der Waals surface area contributed by atoms with E-state index in [0.717, 1.165) is 19.3 Å². The number of esters is 1. The SMILES string of the molecule is CCOC(=O)CCCCCOc1cccc(Cl)c1C(N)=S. The highest BCUT2D eigenvalue weighted by atomic mass is 35.5. The van der Waals surface area contributed by atoms with Gasteiger partial charge in [0.05, 0.1) is 23.8 Å². The molecule has 0 heterocycles. The molecule has 1 rings (SSSR count). The molecule has 2 N–H and O–H groups in total. The van der Waals surface area contributed by atoms with Crippen molar-refractivity contribution in [2.24, 2.45) is 5.73 Å². The summed E-state index contributed by atoms with van der Waals surface area (Å²) in [5, 5.41) is 0.488. The molecule has 0 unspecified atom stereocenters. The molecule has 0 aliphatic carbocycles. The summed E-state index contributed by atoms with van der Waals surface area (Å²) in [6.45, 7) is 2.76. The molecule has 0 saturated heterocycles. The lowest BCUT2D eigenvalue weighted by molar-refractivity contribution is -0.143. The molecule has 1 aromatic carbocycles. The fourth-order valence-corrected chi connectivity index (χ4v) is 2.36. The van der Waals surface area contributed by atoms with Gasteiger partial charge >= 0.3 is 5.97 Å². The third-order valence-corrected chi connectivity index (χ3v) is 3.33. The van der Waals surface area contributed by atoms with Crippen LogP contribution in [-0.2, 0) is 9.53 Å². The Bertz CT molecular complexity index is 494. The van der Waals surface area contributed by atoms with Crippen molar-refractivity contribution in [3.05, 3.63) is 28.8 Å². The summed E-state index contributed by atoms with van der Waals surface area (Å²) in [6.07, 6.45) is 2.97. The van der Waals surface area contributed by atoms with Gasteiger partial charge in [0.15, 0.2) is 0 Å². The van der Waals surface area contributed by atoms with Crippen molar-refractivity contribution < 1.29 is 14.3 Å². The summed E-state index contributed by atoms with van der Waals surface area (Å²) < 4.78 is 10.5. The van der Waals surface area contributed by atoms with Crippen molar-refractivity contribution in [1.82, 2.24) is 0 Å². The second-order valence-corrected chi connectivity index (χ2v) is 5.29. The Labute approximate surface area is 135 Å². The van der Waals surface area contributed by atoms with Crippen LogP contribution in [0.3, 0.4) is 0 Å². The van der Waals surface area contributed by atoms with Crippen molar-refractivity contribution in [1.29, 1.82) is 0 Å². The molecule has 0 fully saturated rings. The Morgan fingerprint density at radius 2 is 2.10 bits per heavy atom. The molecular formula is C15H20ClNO3S. The molecule has 4 nitrogen and oxygen atoms in total. The standard InChI is InChI=1S/C15H20ClNO3S/c1-2-19-13(18)9-4-3-5-10-20-12-8-6-7-11(16)14(12)15(17)21/h6-8H,2-5,9-10H2,1H3,(H2,17,21). The number of halogens is 1. The number of benzene rings is 1. The topological polar surface area (TPSA) is 61.5 Å². The van der Waals surface area contributed by atoms with Gasteiger partial charge in [0.25, 0.3) is 0 Å². The van der Waals surface area contributed by atoms with Gasteiger partial charge in [-0.25, -0.2) is 0 Å². The number of carbonyl (C=O) groups excluding carboxylic acids is 1. The molecule has 0 bridgehead atoms. The highest BCUT2D eigenvalue weighted by Crippen LogP contribution is 2.26. The van der Waals surface area contributed by atoms with Crippen molar-refractivity contribution in [3.8, 4) is 5.75 Å². The quantitative estimate of drug-likeness (QED) is 0.427. The highest BCUT2D eigenvalue weighted by Gasteiger charge is 2.10. The van der Waals surface area contributed by atoms with Gasteiger partial charge in [0.1, 0.15) is 10.7 Å². The van der Waals surface area contributed by atoms with E-state index in [1.54, 1.807) is 25.1 Å². The smallest absolute Gasteiger partial charge is 0.305 e. The summed E-state index contributed by atoms with van der Waals surface area (Å²) in [4.78, 5) is 11.4. The van der Waals surface area contributed by atoms with E-state index in [1.807, 2.05) is 0 Å². The number of hydrogen-bond acceptors (Lipinski definition) is 4. The number of nitrogens with two attached hydrogens (primary N) is 1. The van der Waals surface area contributed by atoms with Gasteiger partial charge in [-0.3, -0.25) is 4.79 Å². The summed E-state index contributed by atoms with van der Waals surface area (Å²) in [5.74, 6) is 0.449. The Kier molecular flexibility index (Phi) is 8.08. The first-order chi connectivity index (χ1) is 10.1. The molecular weight excluding hydrogens is 310 g/mol. The van der Waals surface area contributed by atoms with Crippen LogP contribution in [0.5, 0.6) is 5.75 Å². The van der Waals surface area contributed by atoms with Crippen LogP contribution in [0.2, 0.25) is 5.02 Å². The maximum absolute atomic E-state index is 11.2. The molecule has 116 valence electrons. The van der Waals surface area contributed by atoms with E-state index in [2.05, 4.69) is 0 Å². The van der Waals surface area contributed by atoms with Gasteiger partial charge in [-0.15, -0.1) is 0 Å². The Morgan fingerprint density at radius 3 is 2.76 bits per heavy atom. The zero-order valence-corrected chi connectivity index (χ0v) is 13.6. The van der Waals surface area contributed by atoms with Crippen LogP contribution >= 0.6 is 23.8 Å². The van der Waals surface area contributed by atoms with Crippen LogP contribution in [0.4, 0.5) is 0 Å². The minimum absolute atomic E-state index is 0.149. The Morgan fingerprint density at radius 1 is 1.33 bits per heavy atom. The number of rotatable bonds is 9. The average molecular weight is 330 g/mol. The lowest BCUT2D eigenvalue weighted by Crippen LogP contribution is -2.13. The number of ether oxygens (including phenoxy) is 2. The zero-order chi connectivity index (χ0) is 15.7.